The number of likely N-dealkylation sites (tertiary alicyclic amines) is 1. The molecule has 2 fully saturated rings. The molecule has 0 saturated carbocycles. The van der Waals surface area contributed by atoms with E-state index in [0.29, 0.717) is 5.84 Å². The summed E-state index contributed by atoms with van der Waals surface area (Å²) in [6.07, 6.45) is 3.31. The number of hydrogen-bond donors (Lipinski definition) is 1. The quantitative estimate of drug-likeness (QED) is 0.530. The second kappa shape index (κ2) is 6.02. The highest BCUT2D eigenvalue weighted by Gasteiger charge is 2.76. The fourth-order valence-electron chi connectivity index (χ4n) is 3.95. The molecule has 4 rings (SSSR count). The molecule has 2 aromatic carbocycles. The number of amidine groups is 1. The average molecular weight is 331 g/mol. The summed E-state index contributed by atoms with van der Waals surface area (Å²) in [5.41, 5.74) is -0.319. The molecule has 126 valence electrons. The van der Waals surface area contributed by atoms with E-state index in [2.05, 4.69) is 6.07 Å². The molecule has 2 aliphatic rings. The summed E-state index contributed by atoms with van der Waals surface area (Å²) in [7, 11) is 0. The Morgan fingerprint density at radius 1 is 0.920 bits per heavy atom. The van der Waals surface area contributed by atoms with Crippen molar-refractivity contribution >= 4 is 5.84 Å². The van der Waals surface area contributed by atoms with E-state index in [1.54, 1.807) is 0 Å². The smallest absolute Gasteiger partial charge is 0.250 e. The van der Waals surface area contributed by atoms with Crippen molar-refractivity contribution in [1.29, 1.82) is 10.7 Å². The zero-order valence-electron chi connectivity index (χ0n) is 14.1. The van der Waals surface area contributed by atoms with E-state index < -0.39 is 11.2 Å². The van der Waals surface area contributed by atoms with Crippen LogP contribution in [0.25, 0.3) is 0 Å². The standard InChI is InChI=1S/C21H21N3O/c22-16-20(19(23)24-14-8-3-9-15-24)21(25-20,17-10-4-1-5-11-17)18-12-6-2-7-13-18/h1-2,4-7,10-13,23H,3,8-9,14-15H2. The van der Waals surface area contributed by atoms with Crippen molar-refractivity contribution in [1.82, 2.24) is 4.90 Å². The SMILES string of the molecule is N#CC1(C(=N)N2CCCCC2)OC1(c1ccccc1)c1ccccc1. The lowest BCUT2D eigenvalue weighted by molar-refractivity contribution is 0.296. The zero-order chi connectivity index (χ0) is 17.3. The molecule has 2 aromatic rings. The van der Waals surface area contributed by atoms with Gasteiger partial charge < -0.3 is 9.64 Å². The minimum Gasteiger partial charge on any atom is -0.357 e. The molecule has 1 atom stereocenters. The first-order valence-electron chi connectivity index (χ1n) is 8.81. The highest BCUT2D eigenvalue weighted by Crippen LogP contribution is 2.60. The summed E-state index contributed by atoms with van der Waals surface area (Å²) < 4.78 is 6.20. The Morgan fingerprint density at radius 3 is 1.92 bits per heavy atom. The van der Waals surface area contributed by atoms with Crippen LogP contribution in [0.5, 0.6) is 0 Å². The van der Waals surface area contributed by atoms with Gasteiger partial charge in [-0.05, 0) is 30.4 Å². The first kappa shape index (κ1) is 15.9. The maximum absolute atomic E-state index is 10.1. The normalized spacial score (nSPS) is 24.4. The van der Waals surface area contributed by atoms with E-state index in [4.69, 9.17) is 10.1 Å². The van der Waals surface area contributed by atoms with Gasteiger partial charge in [-0.2, -0.15) is 5.26 Å². The van der Waals surface area contributed by atoms with E-state index in [9.17, 15) is 5.26 Å². The molecule has 1 N–H and O–H groups in total. The highest BCUT2D eigenvalue weighted by molar-refractivity contribution is 5.97. The monoisotopic (exact) mass is 331 g/mol. The lowest BCUT2D eigenvalue weighted by Crippen LogP contribution is -2.46. The molecule has 2 saturated heterocycles. The van der Waals surface area contributed by atoms with Gasteiger partial charge in [-0.25, -0.2) is 0 Å². The van der Waals surface area contributed by atoms with Crippen LogP contribution in [0.4, 0.5) is 0 Å². The van der Waals surface area contributed by atoms with Gasteiger partial charge in [0.05, 0.1) is 0 Å². The minimum absolute atomic E-state index is 0.294. The van der Waals surface area contributed by atoms with Crippen molar-refractivity contribution < 1.29 is 4.74 Å². The van der Waals surface area contributed by atoms with Crippen LogP contribution >= 0.6 is 0 Å². The number of epoxide rings is 1. The number of nitrogens with one attached hydrogen (secondary N) is 1. The van der Waals surface area contributed by atoms with Gasteiger partial charge in [-0.15, -0.1) is 0 Å². The fourth-order valence-corrected chi connectivity index (χ4v) is 3.95. The predicted molar refractivity (Wildman–Crippen MR) is 96.2 cm³/mol. The van der Waals surface area contributed by atoms with Crippen LogP contribution in [0.2, 0.25) is 0 Å². The van der Waals surface area contributed by atoms with Crippen molar-refractivity contribution in [2.75, 3.05) is 13.1 Å². The Morgan fingerprint density at radius 2 is 1.44 bits per heavy atom. The van der Waals surface area contributed by atoms with Crippen LogP contribution in [-0.4, -0.2) is 29.4 Å². The molecule has 0 spiro atoms. The molecular weight excluding hydrogens is 310 g/mol. The maximum atomic E-state index is 10.1. The van der Waals surface area contributed by atoms with Gasteiger partial charge in [-0.3, -0.25) is 5.41 Å². The van der Waals surface area contributed by atoms with Crippen molar-refractivity contribution in [2.24, 2.45) is 0 Å². The van der Waals surface area contributed by atoms with E-state index in [1.165, 1.54) is 6.42 Å². The highest BCUT2D eigenvalue weighted by atomic mass is 16.6. The van der Waals surface area contributed by atoms with Crippen LogP contribution in [0.3, 0.4) is 0 Å². The molecular formula is C21H21N3O. The Bertz CT molecular complexity index is 767. The molecule has 0 bridgehead atoms. The molecule has 1 unspecified atom stereocenters. The molecule has 2 aliphatic heterocycles. The lowest BCUT2D eigenvalue weighted by atomic mass is 9.80. The molecule has 4 nitrogen and oxygen atoms in total. The van der Waals surface area contributed by atoms with Gasteiger partial charge in [0.25, 0.3) is 0 Å². The third kappa shape index (κ3) is 2.27. The van der Waals surface area contributed by atoms with Crippen molar-refractivity contribution in [3.63, 3.8) is 0 Å². The van der Waals surface area contributed by atoms with Crippen molar-refractivity contribution in [3.05, 3.63) is 71.8 Å². The number of piperidine rings is 1. The molecule has 0 aliphatic carbocycles. The van der Waals surface area contributed by atoms with E-state index in [1.807, 2.05) is 65.6 Å². The summed E-state index contributed by atoms with van der Waals surface area (Å²) in [6, 6.07) is 22.0. The van der Waals surface area contributed by atoms with Crippen LogP contribution in [-0.2, 0) is 10.3 Å². The third-order valence-corrected chi connectivity index (χ3v) is 5.28. The summed E-state index contributed by atoms with van der Waals surface area (Å²) in [6.45, 7) is 1.65. The predicted octanol–water partition coefficient (Wildman–Crippen LogP) is 3.69. The van der Waals surface area contributed by atoms with Gasteiger partial charge >= 0.3 is 0 Å². The second-order valence-corrected chi connectivity index (χ2v) is 6.70. The fraction of sp³-hybridized carbons (Fsp3) is 0.333. The summed E-state index contributed by atoms with van der Waals surface area (Å²) in [4.78, 5) is 2.01. The lowest BCUT2D eigenvalue weighted by Gasteiger charge is -2.31. The number of nitriles is 1. The third-order valence-electron chi connectivity index (χ3n) is 5.28. The average Bonchev–Trinajstić information content (AvgIpc) is 3.41. The van der Waals surface area contributed by atoms with E-state index >= 15 is 0 Å². The first-order valence-corrected chi connectivity index (χ1v) is 8.81. The van der Waals surface area contributed by atoms with Crippen LogP contribution in [0.1, 0.15) is 30.4 Å². The summed E-state index contributed by atoms with van der Waals surface area (Å²) >= 11 is 0. The second-order valence-electron chi connectivity index (χ2n) is 6.70. The number of nitrogens with zero attached hydrogens (tertiary/aromatic N) is 2. The van der Waals surface area contributed by atoms with Crippen molar-refractivity contribution in [3.8, 4) is 6.07 Å². The molecule has 25 heavy (non-hydrogen) atoms. The Balaban J connectivity index is 1.81. The number of hydrogen-bond acceptors (Lipinski definition) is 3. The largest absolute Gasteiger partial charge is 0.357 e. The van der Waals surface area contributed by atoms with Gasteiger partial charge in [0.15, 0.2) is 5.60 Å². The molecule has 0 amide bonds. The topological polar surface area (TPSA) is 63.4 Å². The van der Waals surface area contributed by atoms with E-state index in [0.717, 1.165) is 37.1 Å². The van der Waals surface area contributed by atoms with Gasteiger partial charge in [0, 0.05) is 13.1 Å². The van der Waals surface area contributed by atoms with Crippen LogP contribution in [0.15, 0.2) is 60.7 Å². The molecule has 2 heterocycles. The zero-order valence-corrected chi connectivity index (χ0v) is 14.1. The minimum atomic E-state index is -1.26. The number of ether oxygens (including phenoxy) is 1. The molecule has 4 heteroatoms. The number of rotatable bonds is 3. The van der Waals surface area contributed by atoms with Crippen LogP contribution in [0, 0.1) is 16.7 Å². The Kier molecular flexibility index (Phi) is 3.82. The van der Waals surface area contributed by atoms with Gasteiger partial charge in [-0.1, -0.05) is 60.7 Å². The number of benzene rings is 2. The van der Waals surface area contributed by atoms with Gasteiger partial charge in [0.2, 0.25) is 5.60 Å². The van der Waals surface area contributed by atoms with Gasteiger partial charge in [0.1, 0.15) is 11.9 Å². The Labute approximate surface area is 148 Å². The Hall–Kier alpha value is -2.64. The summed E-state index contributed by atoms with van der Waals surface area (Å²) in [5, 5.41) is 18.9. The first-order chi connectivity index (χ1) is 12.2. The maximum Gasteiger partial charge on any atom is 0.250 e. The molecule has 0 aromatic heterocycles. The van der Waals surface area contributed by atoms with Crippen molar-refractivity contribution in [2.45, 2.75) is 30.5 Å². The summed E-state index contributed by atoms with van der Waals surface area (Å²) in [5.74, 6) is 0.294. The van der Waals surface area contributed by atoms with Crippen LogP contribution < -0.4 is 0 Å². The van der Waals surface area contributed by atoms with E-state index in [-0.39, 0.29) is 0 Å². The molecule has 0 radical (unpaired) electrons.